The molecule has 0 fully saturated rings. The second kappa shape index (κ2) is 8.25. The molecule has 1 aromatic heterocycles. The number of fused-ring (bicyclic) bond motifs is 1. The lowest BCUT2D eigenvalue weighted by atomic mass is 9.87. The molecule has 2 aromatic carbocycles. The largest absolute Gasteiger partial charge is 0.494 e. The topological polar surface area (TPSA) is 56.1 Å². The van der Waals surface area contributed by atoms with Gasteiger partial charge in [0.2, 0.25) is 6.41 Å². The fourth-order valence-corrected chi connectivity index (χ4v) is 3.11. The summed E-state index contributed by atoms with van der Waals surface area (Å²) in [5.74, 6) is 1.75. The van der Waals surface area contributed by atoms with Crippen LogP contribution in [0.3, 0.4) is 0 Å². The normalized spacial score (nSPS) is 11.5. The molecular formula is C22H27N3O2. The Kier molecular flexibility index (Phi) is 5.79. The second-order valence-electron chi connectivity index (χ2n) is 7.64. The molecule has 5 nitrogen and oxygen atoms in total. The van der Waals surface area contributed by atoms with Crippen molar-refractivity contribution in [2.24, 2.45) is 0 Å². The monoisotopic (exact) mass is 365 g/mol. The molecule has 1 amide bonds. The van der Waals surface area contributed by atoms with Gasteiger partial charge < -0.3 is 14.6 Å². The predicted molar refractivity (Wildman–Crippen MR) is 108 cm³/mol. The Morgan fingerprint density at radius 2 is 1.85 bits per heavy atom. The molecule has 3 rings (SSSR count). The van der Waals surface area contributed by atoms with Gasteiger partial charge in [0, 0.05) is 6.54 Å². The summed E-state index contributed by atoms with van der Waals surface area (Å²) in [4.78, 5) is 15.3. The highest BCUT2D eigenvalue weighted by atomic mass is 16.5. The number of para-hydroxylation sites is 2. The summed E-state index contributed by atoms with van der Waals surface area (Å²) in [6.45, 7) is 8.45. The first kappa shape index (κ1) is 19.0. The van der Waals surface area contributed by atoms with E-state index < -0.39 is 0 Å². The van der Waals surface area contributed by atoms with Gasteiger partial charge in [-0.15, -0.1) is 0 Å². The van der Waals surface area contributed by atoms with E-state index in [2.05, 4.69) is 53.8 Å². The van der Waals surface area contributed by atoms with E-state index in [9.17, 15) is 4.79 Å². The molecule has 0 aliphatic rings. The number of aromatic nitrogens is 2. The van der Waals surface area contributed by atoms with Gasteiger partial charge in [0.1, 0.15) is 11.6 Å². The maximum Gasteiger partial charge on any atom is 0.207 e. The van der Waals surface area contributed by atoms with E-state index in [0.717, 1.165) is 35.6 Å². The smallest absolute Gasteiger partial charge is 0.207 e. The van der Waals surface area contributed by atoms with E-state index in [0.29, 0.717) is 19.6 Å². The van der Waals surface area contributed by atoms with Crippen LogP contribution in [-0.2, 0) is 23.3 Å². The number of nitrogens with one attached hydrogen (secondary N) is 1. The molecule has 0 aliphatic heterocycles. The molecule has 27 heavy (non-hydrogen) atoms. The average molecular weight is 365 g/mol. The number of rotatable bonds is 8. The zero-order valence-electron chi connectivity index (χ0n) is 16.2. The molecule has 142 valence electrons. The van der Waals surface area contributed by atoms with Gasteiger partial charge >= 0.3 is 0 Å². The summed E-state index contributed by atoms with van der Waals surface area (Å²) in [5.41, 5.74) is 3.47. The highest BCUT2D eigenvalue weighted by Gasteiger charge is 2.13. The second-order valence-corrected chi connectivity index (χ2v) is 7.64. The number of hydrogen-bond acceptors (Lipinski definition) is 3. The number of benzene rings is 2. The summed E-state index contributed by atoms with van der Waals surface area (Å²) in [5, 5.41) is 2.70. The van der Waals surface area contributed by atoms with Crippen LogP contribution >= 0.6 is 0 Å². The fraction of sp³-hybridized carbons (Fsp3) is 0.364. The van der Waals surface area contributed by atoms with E-state index in [4.69, 9.17) is 4.74 Å². The maximum atomic E-state index is 10.6. The van der Waals surface area contributed by atoms with Crippen molar-refractivity contribution in [1.29, 1.82) is 0 Å². The van der Waals surface area contributed by atoms with Crippen LogP contribution < -0.4 is 10.1 Å². The van der Waals surface area contributed by atoms with Crippen molar-refractivity contribution in [3.8, 4) is 5.75 Å². The minimum absolute atomic E-state index is 0.146. The van der Waals surface area contributed by atoms with Crippen LogP contribution in [0.4, 0.5) is 0 Å². The number of imidazole rings is 1. The summed E-state index contributed by atoms with van der Waals surface area (Å²) >= 11 is 0. The van der Waals surface area contributed by atoms with Crippen molar-refractivity contribution in [3.63, 3.8) is 0 Å². The molecule has 0 spiro atoms. The summed E-state index contributed by atoms with van der Waals surface area (Å²) in [6, 6.07) is 16.3. The van der Waals surface area contributed by atoms with Gasteiger partial charge in [-0.3, -0.25) is 4.79 Å². The maximum absolute atomic E-state index is 10.6. The third-order valence-corrected chi connectivity index (χ3v) is 4.59. The van der Waals surface area contributed by atoms with E-state index in [1.807, 2.05) is 30.3 Å². The van der Waals surface area contributed by atoms with Crippen molar-refractivity contribution < 1.29 is 9.53 Å². The summed E-state index contributed by atoms with van der Waals surface area (Å²) < 4.78 is 8.05. The minimum atomic E-state index is 0.146. The zero-order valence-corrected chi connectivity index (χ0v) is 16.2. The number of carbonyl (C=O) groups excluding carboxylic acids is 1. The van der Waals surface area contributed by atoms with Crippen LogP contribution in [0.2, 0.25) is 0 Å². The van der Waals surface area contributed by atoms with Crippen molar-refractivity contribution in [2.75, 3.05) is 6.61 Å². The van der Waals surface area contributed by atoms with E-state index in [-0.39, 0.29) is 5.41 Å². The molecule has 3 aromatic rings. The lowest BCUT2D eigenvalue weighted by Gasteiger charge is -2.19. The van der Waals surface area contributed by atoms with Gasteiger partial charge in [-0.25, -0.2) is 4.98 Å². The first-order valence-corrected chi connectivity index (χ1v) is 9.33. The van der Waals surface area contributed by atoms with Crippen LogP contribution in [0.1, 0.15) is 38.6 Å². The Balaban J connectivity index is 1.61. The highest BCUT2D eigenvalue weighted by Crippen LogP contribution is 2.24. The van der Waals surface area contributed by atoms with E-state index in [1.54, 1.807) is 0 Å². The first-order valence-electron chi connectivity index (χ1n) is 9.33. The Bertz CT molecular complexity index is 892. The number of ether oxygens (including phenoxy) is 1. The van der Waals surface area contributed by atoms with Crippen molar-refractivity contribution >= 4 is 17.4 Å². The molecule has 1 N–H and O–H groups in total. The van der Waals surface area contributed by atoms with Crippen LogP contribution in [0, 0.1) is 0 Å². The zero-order chi connectivity index (χ0) is 19.3. The summed E-state index contributed by atoms with van der Waals surface area (Å²) in [6.07, 6.45) is 1.56. The van der Waals surface area contributed by atoms with Crippen molar-refractivity contribution in [2.45, 2.75) is 45.7 Å². The lowest BCUT2D eigenvalue weighted by molar-refractivity contribution is -0.109. The molecule has 0 unspecified atom stereocenters. The quantitative estimate of drug-likeness (QED) is 0.484. The molecular weight excluding hydrogens is 338 g/mol. The third-order valence-electron chi connectivity index (χ3n) is 4.59. The average Bonchev–Trinajstić information content (AvgIpc) is 3.01. The molecule has 0 saturated heterocycles. The molecule has 0 radical (unpaired) electrons. The number of aryl methyl sites for hydroxylation is 1. The van der Waals surface area contributed by atoms with Crippen LogP contribution in [-0.4, -0.2) is 22.6 Å². The number of nitrogens with zero attached hydrogens (tertiary/aromatic N) is 2. The van der Waals surface area contributed by atoms with Crippen molar-refractivity contribution in [1.82, 2.24) is 14.9 Å². The van der Waals surface area contributed by atoms with Crippen molar-refractivity contribution in [3.05, 3.63) is 59.9 Å². The SMILES string of the molecule is CC(C)(C)c1ccc(OCCCn2c(CNC=O)nc3ccccc32)cc1. The molecule has 1 heterocycles. The van der Waals surface area contributed by atoms with E-state index >= 15 is 0 Å². The number of amides is 1. The third kappa shape index (κ3) is 4.67. The molecule has 0 saturated carbocycles. The first-order chi connectivity index (χ1) is 13.0. The van der Waals surface area contributed by atoms with Crippen LogP contribution in [0.15, 0.2) is 48.5 Å². The minimum Gasteiger partial charge on any atom is -0.494 e. The van der Waals surface area contributed by atoms with Crippen LogP contribution in [0.25, 0.3) is 11.0 Å². The fourth-order valence-electron chi connectivity index (χ4n) is 3.11. The molecule has 0 aliphatic carbocycles. The van der Waals surface area contributed by atoms with Crippen LogP contribution in [0.5, 0.6) is 5.75 Å². The molecule has 5 heteroatoms. The Morgan fingerprint density at radius 3 is 2.56 bits per heavy atom. The Labute approximate surface area is 160 Å². The van der Waals surface area contributed by atoms with Gasteiger partial charge in [-0.1, -0.05) is 45.0 Å². The van der Waals surface area contributed by atoms with Gasteiger partial charge in [-0.2, -0.15) is 0 Å². The summed E-state index contributed by atoms with van der Waals surface area (Å²) in [7, 11) is 0. The molecule has 0 bridgehead atoms. The number of hydrogen-bond donors (Lipinski definition) is 1. The predicted octanol–water partition coefficient (Wildman–Crippen LogP) is 4.05. The number of carbonyl (C=O) groups is 1. The van der Waals surface area contributed by atoms with Gasteiger partial charge in [0.05, 0.1) is 24.2 Å². The standard InChI is InChI=1S/C22H27N3O2/c1-22(2,3)17-9-11-18(12-10-17)27-14-6-13-25-20-8-5-4-7-19(20)24-21(25)15-23-16-26/h4-5,7-12,16H,6,13-15H2,1-3H3,(H,23,26). The lowest BCUT2D eigenvalue weighted by Crippen LogP contribution is -2.16. The van der Waals surface area contributed by atoms with Gasteiger partial charge in [-0.05, 0) is 41.7 Å². The van der Waals surface area contributed by atoms with Gasteiger partial charge in [0.15, 0.2) is 0 Å². The molecule has 0 atom stereocenters. The Morgan fingerprint density at radius 1 is 1.11 bits per heavy atom. The van der Waals surface area contributed by atoms with Gasteiger partial charge in [0.25, 0.3) is 0 Å². The Hall–Kier alpha value is -2.82. The van der Waals surface area contributed by atoms with E-state index in [1.165, 1.54) is 5.56 Å². The highest BCUT2D eigenvalue weighted by molar-refractivity contribution is 5.75.